The molecule has 0 atom stereocenters. The van der Waals surface area contributed by atoms with Crippen LogP contribution in [0.2, 0.25) is 0 Å². The highest BCUT2D eigenvalue weighted by Crippen LogP contribution is 1.89. The molecule has 0 fully saturated rings. The van der Waals surface area contributed by atoms with Crippen molar-refractivity contribution < 1.29 is 4.79 Å². The first kappa shape index (κ1) is 10.3. The summed E-state index contributed by atoms with van der Waals surface area (Å²) >= 11 is 3.54. The number of carbonyl (C=O) groups excluding carboxylic acids is 1. The third-order valence-corrected chi connectivity index (χ3v) is 0.687. The van der Waals surface area contributed by atoms with Crippen LogP contribution in [0.1, 0.15) is 19.8 Å². The maximum absolute atomic E-state index is 9.91. The summed E-state index contributed by atoms with van der Waals surface area (Å²) in [4.78, 5) is 9.91. The SMILES string of the molecule is CCCC(=O)S.Cl. The Balaban J connectivity index is 0. The number of rotatable bonds is 2. The van der Waals surface area contributed by atoms with Gasteiger partial charge in [0.05, 0.1) is 0 Å². The van der Waals surface area contributed by atoms with E-state index in [0.29, 0.717) is 6.42 Å². The molecule has 0 saturated carbocycles. The molecule has 0 unspecified atom stereocenters. The highest BCUT2D eigenvalue weighted by molar-refractivity contribution is 7.96. The molecule has 0 rings (SSSR count). The molecule has 0 bridgehead atoms. The van der Waals surface area contributed by atoms with E-state index in [-0.39, 0.29) is 17.5 Å². The predicted molar refractivity (Wildman–Crippen MR) is 36.1 cm³/mol. The number of hydrogen-bond donors (Lipinski definition) is 1. The van der Waals surface area contributed by atoms with E-state index in [9.17, 15) is 4.79 Å². The summed E-state index contributed by atoms with van der Waals surface area (Å²) in [5.74, 6) is 0. The van der Waals surface area contributed by atoms with E-state index < -0.39 is 0 Å². The molecule has 44 valence electrons. The smallest absolute Gasteiger partial charge is 0.185 e. The van der Waals surface area contributed by atoms with E-state index in [4.69, 9.17) is 0 Å². The molecule has 0 heterocycles. The third kappa shape index (κ3) is 10.7. The lowest BCUT2D eigenvalue weighted by Crippen LogP contribution is -1.80. The van der Waals surface area contributed by atoms with Crippen LogP contribution in [0.15, 0.2) is 0 Å². The Bertz CT molecular complexity index is 55.7. The first-order valence-electron chi connectivity index (χ1n) is 1.99. The van der Waals surface area contributed by atoms with E-state index in [1.807, 2.05) is 6.92 Å². The van der Waals surface area contributed by atoms with Crippen LogP contribution in [-0.2, 0) is 4.79 Å². The Labute approximate surface area is 55.3 Å². The summed E-state index contributed by atoms with van der Waals surface area (Å²) < 4.78 is 0. The standard InChI is InChI=1S/C4H8OS.ClH/c1-2-3-4(5)6;/h2-3H2,1H3,(H,5,6);1H. The fourth-order valence-electron chi connectivity index (χ4n) is 0.214. The van der Waals surface area contributed by atoms with E-state index in [1.54, 1.807) is 0 Å². The number of halogens is 1. The van der Waals surface area contributed by atoms with Crippen molar-refractivity contribution in [1.29, 1.82) is 0 Å². The molecule has 3 heteroatoms. The monoisotopic (exact) mass is 140 g/mol. The zero-order valence-electron chi connectivity index (χ0n) is 4.18. The number of thiol groups is 1. The quantitative estimate of drug-likeness (QED) is 0.578. The van der Waals surface area contributed by atoms with E-state index in [2.05, 4.69) is 12.6 Å². The van der Waals surface area contributed by atoms with Gasteiger partial charge in [-0.3, -0.25) is 4.79 Å². The molecular weight excluding hydrogens is 132 g/mol. The summed E-state index contributed by atoms with van der Waals surface area (Å²) in [6, 6.07) is 0. The van der Waals surface area contributed by atoms with E-state index in [1.165, 1.54) is 0 Å². The van der Waals surface area contributed by atoms with E-state index >= 15 is 0 Å². The van der Waals surface area contributed by atoms with Crippen LogP contribution >= 0.6 is 25.0 Å². The molecule has 0 aromatic heterocycles. The largest absolute Gasteiger partial charge is 0.288 e. The Hall–Kier alpha value is 0.310. The Kier molecular flexibility index (Phi) is 9.31. The summed E-state index contributed by atoms with van der Waals surface area (Å²) in [5, 5.41) is -0.0162. The minimum absolute atomic E-state index is 0. The fourth-order valence-corrected chi connectivity index (χ4v) is 0.437. The van der Waals surface area contributed by atoms with Gasteiger partial charge < -0.3 is 0 Å². The normalized spacial score (nSPS) is 7.14. The van der Waals surface area contributed by atoms with Crippen molar-refractivity contribution in [3.05, 3.63) is 0 Å². The Morgan fingerprint density at radius 3 is 2.14 bits per heavy atom. The molecule has 0 radical (unpaired) electrons. The van der Waals surface area contributed by atoms with Crippen molar-refractivity contribution in [1.82, 2.24) is 0 Å². The van der Waals surface area contributed by atoms with Crippen LogP contribution in [0.25, 0.3) is 0 Å². The zero-order chi connectivity index (χ0) is 4.99. The number of hydrogen-bond acceptors (Lipinski definition) is 1. The molecule has 0 spiro atoms. The summed E-state index contributed by atoms with van der Waals surface area (Å²) in [6.07, 6.45) is 1.51. The molecule has 0 aliphatic rings. The van der Waals surface area contributed by atoms with Crippen LogP contribution in [0, 0.1) is 0 Å². The third-order valence-electron chi connectivity index (χ3n) is 0.464. The second-order valence-electron chi connectivity index (χ2n) is 1.14. The van der Waals surface area contributed by atoms with Gasteiger partial charge >= 0.3 is 0 Å². The maximum atomic E-state index is 9.91. The van der Waals surface area contributed by atoms with Gasteiger partial charge in [-0.1, -0.05) is 6.92 Å². The minimum atomic E-state index is -0.0162. The van der Waals surface area contributed by atoms with Gasteiger partial charge in [0.2, 0.25) is 0 Å². The lowest BCUT2D eigenvalue weighted by molar-refractivity contribution is -0.110. The predicted octanol–water partition coefficient (Wildman–Crippen LogP) is 1.66. The highest BCUT2D eigenvalue weighted by atomic mass is 35.5. The lowest BCUT2D eigenvalue weighted by atomic mass is 10.4. The highest BCUT2D eigenvalue weighted by Gasteiger charge is 1.85. The van der Waals surface area contributed by atoms with Gasteiger partial charge in [0, 0.05) is 6.42 Å². The van der Waals surface area contributed by atoms with Crippen molar-refractivity contribution >= 4 is 30.2 Å². The summed E-state index contributed by atoms with van der Waals surface area (Å²) in [5.41, 5.74) is 0. The fraction of sp³-hybridized carbons (Fsp3) is 0.750. The summed E-state index contributed by atoms with van der Waals surface area (Å²) in [7, 11) is 0. The van der Waals surface area contributed by atoms with Crippen molar-refractivity contribution in [2.75, 3.05) is 0 Å². The zero-order valence-corrected chi connectivity index (χ0v) is 5.89. The molecule has 0 aliphatic carbocycles. The second-order valence-corrected chi connectivity index (χ2v) is 1.64. The van der Waals surface area contributed by atoms with Crippen LogP contribution in [0.3, 0.4) is 0 Å². The Morgan fingerprint density at radius 1 is 1.71 bits per heavy atom. The van der Waals surface area contributed by atoms with Crippen molar-refractivity contribution in [2.45, 2.75) is 19.8 Å². The van der Waals surface area contributed by atoms with Crippen molar-refractivity contribution in [3.63, 3.8) is 0 Å². The van der Waals surface area contributed by atoms with Crippen LogP contribution < -0.4 is 0 Å². The Morgan fingerprint density at radius 2 is 2.14 bits per heavy atom. The van der Waals surface area contributed by atoms with Crippen LogP contribution in [0.5, 0.6) is 0 Å². The molecule has 0 aromatic rings. The second kappa shape index (κ2) is 6.31. The molecule has 0 aliphatic heterocycles. The molecule has 0 aromatic carbocycles. The molecule has 7 heavy (non-hydrogen) atoms. The van der Waals surface area contributed by atoms with Gasteiger partial charge in [0.25, 0.3) is 0 Å². The van der Waals surface area contributed by atoms with Crippen LogP contribution in [-0.4, -0.2) is 5.12 Å². The lowest BCUT2D eigenvalue weighted by Gasteiger charge is -1.79. The van der Waals surface area contributed by atoms with Gasteiger partial charge in [-0.25, -0.2) is 0 Å². The van der Waals surface area contributed by atoms with Gasteiger partial charge in [-0.05, 0) is 6.42 Å². The van der Waals surface area contributed by atoms with E-state index in [0.717, 1.165) is 6.42 Å². The number of carbonyl (C=O) groups is 1. The minimum Gasteiger partial charge on any atom is -0.288 e. The maximum Gasteiger partial charge on any atom is 0.185 e. The molecule has 0 amide bonds. The molecular formula is C4H9ClOS. The topological polar surface area (TPSA) is 17.1 Å². The van der Waals surface area contributed by atoms with Gasteiger partial charge in [-0.2, -0.15) is 0 Å². The van der Waals surface area contributed by atoms with Gasteiger partial charge in [-0.15, -0.1) is 25.0 Å². The first-order chi connectivity index (χ1) is 2.77. The average molecular weight is 141 g/mol. The summed E-state index contributed by atoms with van der Waals surface area (Å²) in [6.45, 7) is 1.95. The first-order valence-corrected chi connectivity index (χ1v) is 2.44. The van der Waals surface area contributed by atoms with Gasteiger partial charge in [0.1, 0.15) is 0 Å². The van der Waals surface area contributed by atoms with Gasteiger partial charge in [0.15, 0.2) is 5.12 Å². The molecule has 0 N–H and O–H groups in total. The average Bonchev–Trinajstić information content (AvgIpc) is 1.35. The molecule has 0 saturated heterocycles. The van der Waals surface area contributed by atoms with Crippen molar-refractivity contribution in [3.8, 4) is 0 Å². The van der Waals surface area contributed by atoms with Crippen molar-refractivity contribution in [2.24, 2.45) is 0 Å². The molecule has 1 nitrogen and oxygen atoms in total. The van der Waals surface area contributed by atoms with Crippen LogP contribution in [0.4, 0.5) is 0 Å².